The Labute approximate surface area is 103 Å². The monoisotopic (exact) mass is 228 g/mol. The molecule has 2 aromatic rings. The number of hydrogen-bond acceptors (Lipinski definition) is 1. The highest BCUT2D eigenvalue weighted by molar-refractivity contribution is 5.31. The van der Waals surface area contributed by atoms with Crippen molar-refractivity contribution in [1.29, 1.82) is 0 Å². The van der Waals surface area contributed by atoms with Gasteiger partial charge in [0, 0.05) is 24.5 Å². The predicted molar refractivity (Wildman–Crippen MR) is 72.1 cm³/mol. The van der Waals surface area contributed by atoms with E-state index in [4.69, 9.17) is 5.73 Å². The first-order valence-corrected chi connectivity index (χ1v) is 6.03. The van der Waals surface area contributed by atoms with Gasteiger partial charge in [0.15, 0.2) is 0 Å². The number of rotatable bonds is 3. The van der Waals surface area contributed by atoms with Gasteiger partial charge in [-0.1, -0.05) is 24.3 Å². The summed E-state index contributed by atoms with van der Waals surface area (Å²) < 4.78 is 2.34. The second-order valence-corrected chi connectivity index (χ2v) is 4.61. The average molecular weight is 228 g/mol. The highest BCUT2D eigenvalue weighted by Gasteiger charge is 2.08. The molecule has 0 radical (unpaired) electrons. The number of hydrogen-bond donors (Lipinski definition) is 1. The van der Waals surface area contributed by atoms with Gasteiger partial charge in [0.1, 0.15) is 0 Å². The number of nitrogens with zero attached hydrogens (tertiary/aromatic N) is 1. The van der Waals surface area contributed by atoms with E-state index >= 15 is 0 Å². The third-order valence-corrected chi connectivity index (χ3v) is 3.49. The van der Waals surface area contributed by atoms with Crippen LogP contribution < -0.4 is 5.73 Å². The largest absolute Gasteiger partial charge is 0.344 e. The molecule has 17 heavy (non-hydrogen) atoms. The van der Waals surface area contributed by atoms with Crippen LogP contribution in [0.2, 0.25) is 0 Å². The molecule has 1 aromatic carbocycles. The molecule has 2 nitrogen and oxygen atoms in total. The molecule has 2 N–H and O–H groups in total. The van der Waals surface area contributed by atoms with Crippen LogP contribution in [0.5, 0.6) is 0 Å². The fourth-order valence-electron chi connectivity index (χ4n) is 2.28. The topological polar surface area (TPSA) is 30.9 Å². The number of nitrogens with two attached hydrogens (primary N) is 1. The minimum Gasteiger partial charge on any atom is -0.344 e. The third kappa shape index (κ3) is 2.27. The molecule has 0 saturated heterocycles. The Bertz CT molecular complexity index is 524. The molecular formula is C15H20N2. The predicted octanol–water partition coefficient (Wildman–Crippen LogP) is 2.92. The van der Waals surface area contributed by atoms with Crippen molar-refractivity contribution in [2.45, 2.75) is 33.9 Å². The fraction of sp³-hybridized carbons (Fsp3) is 0.333. The summed E-state index contributed by atoms with van der Waals surface area (Å²) in [4.78, 5) is 0. The maximum absolute atomic E-state index is 5.74. The first kappa shape index (κ1) is 11.9. The minimum atomic E-state index is 0.618. The molecule has 90 valence electrons. The standard InChI is InChI=1S/C15H20N2/c1-11-6-4-5-7-14(11)10-17-12(2)8-15(9-16)13(17)3/h4-8H,9-10,16H2,1-3H3. The lowest BCUT2D eigenvalue weighted by atomic mass is 10.1. The number of benzene rings is 1. The molecule has 1 aromatic heterocycles. The van der Waals surface area contributed by atoms with Crippen molar-refractivity contribution < 1.29 is 0 Å². The van der Waals surface area contributed by atoms with E-state index in [2.05, 4.69) is 55.7 Å². The van der Waals surface area contributed by atoms with Crippen LogP contribution in [0.15, 0.2) is 30.3 Å². The van der Waals surface area contributed by atoms with Gasteiger partial charge in [-0.05, 0) is 43.5 Å². The third-order valence-electron chi connectivity index (χ3n) is 3.49. The minimum absolute atomic E-state index is 0.618. The van der Waals surface area contributed by atoms with Crippen molar-refractivity contribution in [3.8, 4) is 0 Å². The summed E-state index contributed by atoms with van der Waals surface area (Å²) in [6.45, 7) is 8.00. The molecule has 2 rings (SSSR count). The first-order chi connectivity index (χ1) is 8.13. The molecule has 0 bridgehead atoms. The molecule has 0 spiro atoms. The van der Waals surface area contributed by atoms with Crippen molar-refractivity contribution in [3.05, 3.63) is 58.4 Å². The summed E-state index contributed by atoms with van der Waals surface area (Å²) >= 11 is 0. The maximum Gasteiger partial charge on any atom is 0.0477 e. The molecular weight excluding hydrogens is 208 g/mol. The Hall–Kier alpha value is -1.54. The van der Waals surface area contributed by atoms with Crippen LogP contribution >= 0.6 is 0 Å². The van der Waals surface area contributed by atoms with Crippen LogP contribution in [-0.4, -0.2) is 4.57 Å². The second kappa shape index (κ2) is 4.76. The number of aromatic nitrogens is 1. The van der Waals surface area contributed by atoms with E-state index in [-0.39, 0.29) is 0 Å². The summed E-state index contributed by atoms with van der Waals surface area (Å²) in [5.74, 6) is 0. The molecule has 0 fully saturated rings. The normalized spacial score (nSPS) is 10.8. The van der Waals surface area contributed by atoms with Gasteiger partial charge in [-0.15, -0.1) is 0 Å². The van der Waals surface area contributed by atoms with Crippen molar-refractivity contribution in [2.24, 2.45) is 5.73 Å². The maximum atomic E-state index is 5.74. The van der Waals surface area contributed by atoms with E-state index in [0.29, 0.717) is 6.54 Å². The Balaban J connectivity index is 2.37. The van der Waals surface area contributed by atoms with Crippen LogP contribution in [0.4, 0.5) is 0 Å². The van der Waals surface area contributed by atoms with Crippen LogP contribution in [0.1, 0.15) is 28.1 Å². The van der Waals surface area contributed by atoms with Gasteiger partial charge in [-0.25, -0.2) is 0 Å². The first-order valence-electron chi connectivity index (χ1n) is 6.03. The van der Waals surface area contributed by atoms with Crippen LogP contribution in [0.3, 0.4) is 0 Å². The Morgan fingerprint density at radius 2 is 1.76 bits per heavy atom. The summed E-state index contributed by atoms with van der Waals surface area (Å²) in [6, 6.07) is 10.7. The van der Waals surface area contributed by atoms with Gasteiger partial charge >= 0.3 is 0 Å². The number of aryl methyl sites for hydroxylation is 2. The molecule has 0 aliphatic heterocycles. The van der Waals surface area contributed by atoms with E-state index in [9.17, 15) is 0 Å². The Morgan fingerprint density at radius 1 is 1.06 bits per heavy atom. The van der Waals surface area contributed by atoms with E-state index < -0.39 is 0 Å². The Kier molecular flexibility index (Phi) is 3.34. The van der Waals surface area contributed by atoms with Crippen molar-refractivity contribution in [1.82, 2.24) is 4.57 Å². The van der Waals surface area contributed by atoms with Gasteiger partial charge in [-0.2, -0.15) is 0 Å². The lowest BCUT2D eigenvalue weighted by Crippen LogP contribution is -2.06. The average Bonchev–Trinajstić information content (AvgIpc) is 2.59. The molecule has 0 unspecified atom stereocenters. The van der Waals surface area contributed by atoms with E-state index in [1.807, 2.05) is 0 Å². The van der Waals surface area contributed by atoms with Crippen molar-refractivity contribution in [2.75, 3.05) is 0 Å². The zero-order valence-corrected chi connectivity index (χ0v) is 10.8. The second-order valence-electron chi connectivity index (χ2n) is 4.61. The molecule has 0 aliphatic carbocycles. The van der Waals surface area contributed by atoms with Gasteiger partial charge in [0.25, 0.3) is 0 Å². The van der Waals surface area contributed by atoms with Crippen molar-refractivity contribution in [3.63, 3.8) is 0 Å². The van der Waals surface area contributed by atoms with E-state index in [0.717, 1.165) is 6.54 Å². The van der Waals surface area contributed by atoms with E-state index in [1.54, 1.807) is 0 Å². The smallest absolute Gasteiger partial charge is 0.0477 e. The SMILES string of the molecule is Cc1ccccc1Cn1c(C)cc(CN)c1C. The van der Waals surface area contributed by atoms with Gasteiger partial charge in [-0.3, -0.25) is 0 Å². The highest BCUT2D eigenvalue weighted by atomic mass is 15.0. The summed E-state index contributed by atoms with van der Waals surface area (Å²) in [7, 11) is 0. The molecule has 2 heteroatoms. The molecule has 0 amide bonds. The van der Waals surface area contributed by atoms with Crippen molar-refractivity contribution >= 4 is 0 Å². The molecule has 0 saturated carbocycles. The zero-order valence-electron chi connectivity index (χ0n) is 10.8. The van der Waals surface area contributed by atoms with Gasteiger partial charge in [0.2, 0.25) is 0 Å². The zero-order chi connectivity index (χ0) is 12.4. The lowest BCUT2D eigenvalue weighted by molar-refractivity contribution is 0.741. The highest BCUT2D eigenvalue weighted by Crippen LogP contribution is 2.18. The summed E-state index contributed by atoms with van der Waals surface area (Å²) in [5.41, 5.74) is 12.3. The summed E-state index contributed by atoms with van der Waals surface area (Å²) in [5, 5.41) is 0. The lowest BCUT2D eigenvalue weighted by Gasteiger charge is -2.12. The quantitative estimate of drug-likeness (QED) is 0.860. The van der Waals surface area contributed by atoms with Crippen LogP contribution in [-0.2, 0) is 13.1 Å². The molecule has 0 aliphatic rings. The van der Waals surface area contributed by atoms with E-state index in [1.165, 1.54) is 28.1 Å². The van der Waals surface area contributed by atoms with Gasteiger partial charge < -0.3 is 10.3 Å². The van der Waals surface area contributed by atoms with Crippen LogP contribution in [0.25, 0.3) is 0 Å². The Morgan fingerprint density at radius 3 is 2.35 bits per heavy atom. The summed E-state index contributed by atoms with van der Waals surface area (Å²) in [6.07, 6.45) is 0. The van der Waals surface area contributed by atoms with Gasteiger partial charge in [0.05, 0.1) is 0 Å². The van der Waals surface area contributed by atoms with Crippen LogP contribution in [0, 0.1) is 20.8 Å². The molecule has 1 heterocycles. The molecule has 0 atom stereocenters. The fourth-order valence-corrected chi connectivity index (χ4v) is 2.28.